The molecular formula is C14H19N3O2. The van der Waals surface area contributed by atoms with Gasteiger partial charge in [0.1, 0.15) is 11.3 Å². The first-order valence-electron chi connectivity index (χ1n) is 6.27. The minimum absolute atomic E-state index is 0.240. The maximum Gasteiger partial charge on any atom is 0.337 e. The number of benzene rings is 1. The van der Waals surface area contributed by atoms with E-state index in [0.717, 1.165) is 17.9 Å². The van der Waals surface area contributed by atoms with E-state index >= 15 is 0 Å². The van der Waals surface area contributed by atoms with Crippen molar-refractivity contribution >= 4 is 17.0 Å². The van der Waals surface area contributed by atoms with Crippen molar-refractivity contribution in [1.82, 2.24) is 14.5 Å². The molecule has 0 bridgehead atoms. The average Bonchev–Trinajstić information content (AvgIpc) is 2.63. The molecule has 0 spiro atoms. The lowest BCUT2D eigenvalue weighted by molar-refractivity contribution is 0.0699. The second-order valence-corrected chi connectivity index (χ2v) is 5.12. The summed E-state index contributed by atoms with van der Waals surface area (Å²) in [6, 6.07) is 5.53. The first kappa shape index (κ1) is 13.5. The molecule has 0 aliphatic rings. The van der Waals surface area contributed by atoms with Crippen molar-refractivity contribution in [2.75, 3.05) is 20.6 Å². The predicted molar refractivity (Wildman–Crippen MR) is 74.7 cm³/mol. The van der Waals surface area contributed by atoms with Gasteiger partial charge in [0.05, 0.1) is 11.1 Å². The summed E-state index contributed by atoms with van der Waals surface area (Å²) in [6.45, 7) is 4.91. The summed E-state index contributed by atoms with van der Waals surface area (Å²) in [7, 11) is 4.04. The smallest absolute Gasteiger partial charge is 0.337 e. The molecule has 1 heterocycles. The van der Waals surface area contributed by atoms with Crippen molar-refractivity contribution in [3.8, 4) is 0 Å². The Morgan fingerprint density at radius 2 is 2.16 bits per heavy atom. The van der Waals surface area contributed by atoms with E-state index in [1.54, 1.807) is 12.1 Å². The maximum absolute atomic E-state index is 11.2. The Labute approximate surface area is 112 Å². The van der Waals surface area contributed by atoms with Crippen LogP contribution in [0.3, 0.4) is 0 Å². The molecule has 0 aliphatic heterocycles. The number of carboxylic acids is 1. The fourth-order valence-electron chi connectivity index (χ4n) is 2.57. The highest BCUT2D eigenvalue weighted by molar-refractivity contribution is 6.01. The number of aryl methyl sites for hydroxylation is 1. The monoisotopic (exact) mass is 261 g/mol. The zero-order chi connectivity index (χ0) is 14.2. The number of fused-ring (bicyclic) bond motifs is 1. The summed E-state index contributed by atoms with van der Waals surface area (Å²) in [5, 5.41) is 9.21. The number of para-hydroxylation sites is 1. The molecule has 1 atom stereocenters. The molecule has 0 fully saturated rings. The van der Waals surface area contributed by atoms with Crippen molar-refractivity contribution in [2.45, 2.75) is 19.9 Å². The molecule has 0 radical (unpaired) electrons. The molecule has 1 unspecified atom stereocenters. The van der Waals surface area contributed by atoms with Gasteiger partial charge >= 0.3 is 5.97 Å². The number of hydrogen-bond acceptors (Lipinski definition) is 3. The van der Waals surface area contributed by atoms with E-state index in [0.29, 0.717) is 5.52 Å². The van der Waals surface area contributed by atoms with E-state index < -0.39 is 5.97 Å². The molecule has 1 aromatic heterocycles. The highest BCUT2D eigenvalue weighted by Gasteiger charge is 2.18. The molecule has 102 valence electrons. The molecule has 2 aromatic rings. The van der Waals surface area contributed by atoms with Crippen molar-refractivity contribution in [2.24, 2.45) is 0 Å². The van der Waals surface area contributed by atoms with Crippen LogP contribution in [0.1, 0.15) is 29.1 Å². The van der Waals surface area contributed by atoms with Crippen LogP contribution in [0.2, 0.25) is 0 Å². The number of hydrogen-bond donors (Lipinski definition) is 1. The maximum atomic E-state index is 11.2. The number of aromatic nitrogens is 2. The van der Waals surface area contributed by atoms with E-state index in [1.165, 1.54) is 0 Å². The van der Waals surface area contributed by atoms with Gasteiger partial charge in [0.15, 0.2) is 0 Å². The van der Waals surface area contributed by atoms with E-state index in [2.05, 4.69) is 21.4 Å². The molecule has 19 heavy (non-hydrogen) atoms. The van der Waals surface area contributed by atoms with Crippen molar-refractivity contribution in [3.63, 3.8) is 0 Å². The highest BCUT2D eigenvalue weighted by atomic mass is 16.4. The zero-order valence-corrected chi connectivity index (χ0v) is 11.7. The predicted octanol–water partition coefficient (Wildman–Crippen LogP) is 2.17. The lowest BCUT2D eigenvalue weighted by Gasteiger charge is -2.20. The van der Waals surface area contributed by atoms with Crippen LogP contribution in [-0.2, 0) is 0 Å². The summed E-state index contributed by atoms with van der Waals surface area (Å²) in [5.74, 6) is -0.0893. The standard InChI is InChI=1S/C14H19N3O2/c1-9(8-16(3)4)17-10(2)15-13-11(14(18)19)6-5-7-12(13)17/h5-7,9H,8H2,1-4H3,(H,18,19). The molecule has 2 rings (SSSR count). The van der Waals surface area contributed by atoms with Crippen molar-refractivity contribution < 1.29 is 9.90 Å². The third-order valence-corrected chi connectivity index (χ3v) is 3.20. The zero-order valence-electron chi connectivity index (χ0n) is 11.7. The van der Waals surface area contributed by atoms with Crippen LogP contribution in [0.5, 0.6) is 0 Å². The molecule has 0 aliphatic carbocycles. The van der Waals surface area contributed by atoms with Crippen LogP contribution in [0.4, 0.5) is 0 Å². The van der Waals surface area contributed by atoms with E-state index in [-0.39, 0.29) is 11.6 Å². The van der Waals surface area contributed by atoms with Crippen LogP contribution < -0.4 is 0 Å². The number of carboxylic acid groups (broad SMARTS) is 1. The molecule has 1 aromatic carbocycles. The minimum atomic E-state index is -0.935. The number of aromatic carboxylic acids is 1. The Morgan fingerprint density at radius 1 is 1.47 bits per heavy atom. The summed E-state index contributed by atoms with van der Waals surface area (Å²) in [4.78, 5) is 17.8. The van der Waals surface area contributed by atoms with E-state index in [9.17, 15) is 9.90 Å². The Bertz CT molecular complexity index is 616. The first-order chi connectivity index (χ1) is 8.91. The third kappa shape index (κ3) is 2.46. The SMILES string of the molecule is Cc1nc2c(C(=O)O)cccc2n1C(C)CN(C)C. The summed E-state index contributed by atoms with van der Waals surface area (Å²) in [5.41, 5.74) is 1.71. The molecule has 5 heteroatoms. The minimum Gasteiger partial charge on any atom is -0.478 e. The van der Waals surface area contributed by atoms with Crippen LogP contribution in [0, 0.1) is 6.92 Å². The van der Waals surface area contributed by atoms with Gasteiger partial charge in [0, 0.05) is 12.6 Å². The van der Waals surface area contributed by atoms with Gasteiger partial charge in [0.25, 0.3) is 0 Å². The van der Waals surface area contributed by atoms with Crippen LogP contribution in [0.25, 0.3) is 11.0 Å². The van der Waals surface area contributed by atoms with Crippen molar-refractivity contribution in [3.05, 3.63) is 29.6 Å². The quantitative estimate of drug-likeness (QED) is 0.916. The molecule has 0 saturated carbocycles. The van der Waals surface area contributed by atoms with E-state index in [1.807, 2.05) is 27.1 Å². The first-order valence-corrected chi connectivity index (χ1v) is 6.27. The molecule has 0 saturated heterocycles. The Morgan fingerprint density at radius 3 is 2.74 bits per heavy atom. The van der Waals surface area contributed by atoms with Gasteiger partial charge in [-0.15, -0.1) is 0 Å². The fraction of sp³-hybridized carbons (Fsp3) is 0.429. The summed E-state index contributed by atoms with van der Waals surface area (Å²) < 4.78 is 2.10. The molecule has 1 N–H and O–H groups in total. The molecule has 0 amide bonds. The normalized spacial score (nSPS) is 13.1. The van der Waals surface area contributed by atoms with Gasteiger partial charge < -0.3 is 14.6 Å². The lowest BCUT2D eigenvalue weighted by Crippen LogP contribution is -2.23. The number of carbonyl (C=O) groups is 1. The summed E-state index contributed by atoms with van der Waals surface area (Å²) >= 11 is 0. The van der Waals surface area contributed by atoms with E-state index in [4.69, 9.17) is 0 Å². The highest BCUT2D eigenvalue weighted by Crippen LogP contribution is 2.24. The lowest BCUT2D eigenvalue weighted by atomic mass is 10.2. The average molecular weight is 261 g/mol. The van der Waals surface area contributed by atoms with Gasteiger partial charge in [-0.05, 0) is 40.1 Å². The Hall–Kier alpha value is -1.88. The third-order valence-electron chi connectivity index (χ3n) is 3.20. The Balaban J connectivity index is 2.60. The Kier molecular flexibility index (Phi) is 3.57. The topological polar surface area (TPSA) is 58.4 Å². The van der Waals surface area contributed by atoms with Gasteiger partial charge in [-0.3, -0.25) is 0 Å². The number of imidazole rings is 1. The summed E-state index contributed by atoms with van der Waals surface area (Å²) in [6.07, 6.45) is 0. The van der Waals surface area contributed by atoms with Gasteiger partial charge in [-0.25, -0.2) is 9.78 Å². The van der Waals surface area contributed by atoms with Crippen molar-refractivity contribution in [1.29, 1.82) is 0 Å². The second kappa shape index (κ2) is 5.01. The molecule has 5 nitrogen and oxygen atoms in total. The van der Waals surface area contributed by atoms with Crippen LogP contribution in [-0.4, -0.2) is 46.2 Å². The van der Waals surface area contributed by atoms with Gasteiger partial charge in [-0.2, -0.15) is 0 Å². The second-order valence-electron chi connectivity index (χ2n) is 5.12. The van der Waals surface area contributed by atoms with Gasteiger partial charge in [0.2, 0.25) is 0 Å². The van der Waals surface area contributed by atoms with Crippen LogP contribution in [0.15, 0.2) is 18.2 Å². The largest absolute Gasteiger partial charge is 0.478 e. The number of nitrogens with zero attached hydrogens (tertiary/aromatic N) is 3. The fourth-order valence-corrected chi connectivity index (χ4v) is 2.57. The van der Waals surface area contributed by atoms with Gasteiger partial charge in [-0.1, -0.05) is 6.07 Å². The number of likely N-dealkylation sites (N-methyl/N-ethyl adjacent to an activating group) is 1. The van der Waals surface area contributed by atoms with Crippen LogP contribution >= 0.6 is 0 Å². The number of rotatable bonds is 4. The molecular weight excluding hydrogens is 242 g/mol.